The van der Waals surface area contributed by atoms with Crippen LogP contribution in [0, 0.1) is 5.41 Å². The lowest BCUT2D eigenvalue weighted by molar-refractivity contribution is 0.115. The molecule has 4 nitrogen and oxygen atoms in total. The van der Waals surface area contributed by atoms with E-state index in [-0.39, 0.29) is 0 Å². The quantitative estimate of drug-likeness (QED) is 0.811. The van der Waals surface area contributed by atoms with Gasteiger partial charge in [0.05, 0.1) is 19.4 Å². The van der Waals surface area contributed by atoms with Crippen molar-refractivity contribution in [2.45, 2.75) is 32.7 Å². The van der Waals surface area contributed by atoms with Crippen LogP contribution < -0.4 is 0 Å². The third-order valence-electron chi connectivity index (χ3n) is 4.20. The van der Waals surface area contributed by atoms with Gasteiger partial charge in [-0.25, -0.2) is 0 Å². The minimum Gasteiger partial charge on any atom is -0.379 e. The number of aromatic nitrogens is 2. The second kappa shape index (κ2) is 5.02. The highest BCUT2D eigenvalue weighted by molar-refractivity contribution is 5.05. The van der Waals surface area contributed by atoms with Gasteiger partial charge < -0.3 is 9.64 Å². The van der Waals surface area contributed by atoms with Crippen LogP contribution >= 0.6 is 0 Å². The third-order valence-corrected chi connectivity index (χ3v) is 4.20. The maximum Gasteiger partial charge on any atom is 0.0593 e. The molecule has 4 heteroatoms. The van der Waals surface area contributed by atoms with E-state index in [0.717, 1.165) is 39.3 Å². The number of aryl methyl sites for hydroxylation is 1. The van der Waals surface area contributed by atoms with Crippen molar-refractivity contribution in [3.05, 3.63) is 18.0 Å². The Kier molecular flexibility index (Phi) is 3.39. The molecule has 2 fully saturated rings. The Morgan fingerprint density at radius 2 is 2.33 bits per heavy atom. The van der Waals surface area contributed by atoms with Gasteiger partial charge in [0.15, 0.2) is 0 Å². The van der Waals surface area contributed by atoms with Crippen molar-refractivity contribution in [3.63, 3.8) is 0 Å². The van der Waals surface area contributed by atoms with Crippen LogP contribution in [-0.2, 0) is 17.7 Å². The van der Waals surface area contributed by atoms with Crippen LogP contribution in [0.4, 0.5) is 0 Å². The van der Waals surface area contributed by atoms with Gasteiger partial charge in [0.2, 0.25) is 0 Å². The van der Waals surface area contributed by atoms with Gasteiger partial charge in [-0.1, -0.05) is 0 Å². The summed E-state index contributed by atoms with van der Waals surface area (Å²) in [5, 5.41) is 4.33. The van der Waals surface area contributed by atoms with Gasteiger partial charge in [0.25, 0.3) is 0 Å². The summed E-state index contributed by atoms with van der Waals surface area (Å²) in [6.07, 6.45) is 8.00. The molecule has 0 radical (unpaired) electrons. The lowest BCUT2D eigenvalue weighted by atomic mass is 10.1. The van der Waals surface area contributed by atoms with E-state index < -0.39 is 0 Å². The lowest BCUT2D eigenvalue weighted by Crippen LogP contribution is -2.32. The third kappa shape index (κ3) is 2.75. The number of nitrogens with zero attached hydrogens (tertiary/aromatic N) is 3. The highest BCUT2D eigenvalue weighted by atomic mass is 16.5. The predicted molar refractivity (Wildman–Crippen MR) is 70.5 cm³/mol. The first-order valence-corrected chi connectivity index (χ1v) is 7.11. The average molecular weight is 249 g/mol. The van der Waals surface area contributed by atoms with Crippen molar-refractivity contribution in [2.24, 2.45) is 5.41 Å². The standard InChI is InChI=1S/C14H23N3O/c1-2-17-10-13(9-15-17)3-6-16-7-8-18-12-14(11-16)4-5-14/h9-10H,2-8,11-12H2,1H3. The summed E-state index contributed by atoms with van der Waals surface area (Å²) < 4.78 is 7.72. The van der Waals surface area contributed by atoms with Crippen molar-refractivity contribution in [1.82, 2.24) is 14.7 Å². The Morgan fingerprint density at radius 3 is 3.06 bits per heavy atom. The molecule has 2 heterocycles. The zero-order valence-electron chi connectivity index (χ0n) is 11.3. The van der Waals surface area contributed by atoms with E-state index in [1.165, 1.54) is 24.9 Å². The molecule has 0 N–H and O–H groups in total. The van der Waals surface area contributed by atoms with Gasteiger partial charge in [-0.2, -0.15) is 5.10 Å². The fourth-order valence-corrected chi connectivity index (χ4v) is 2.75. The molecule has 0 atom stereocenters. The fraction of sp³-hybridized carbons (Fsp3) is 0.786. The van der Waals surface area contributed by atoms with Crippen LogP contribution in [0.15, 0.2) is 12.4 Å². The van der Waals surface area contributed by atoms with Gasteiger partial charge in [-0.05, 0) is 31.7 Å². The molecule has 1 aromatic heterocycles. The smallest absolute Gasteiger partial charge is 0.0593 e. The number of rotatable bonds is 4. The van der Waals surface area contributed by atoms with E-state index in [1.54, 1.807) is 0 Å². The molecular weight excluding hydrogens is 226 g/mol. The zero-order valence-corrected chi connectivity index (χ0v) is 11.3. The first-order valence-electron chi connectivity index (χ1n) is 7.11. The highest BCUT2D eigenvalue weighted by Crippen LogP contribution is 2.47. The summed E-state index contributed by atoms with van der Waals surface area (Å²) in [4.78, 5) is 2.57. The lowest BCUT2D eigenvalue weighted by Gasteiger charge is -2.22. The Bertz CT molecular complexity index is 397. The molecule has 0 bridgehead atoms. The monoisotopic (exact) mass is 249 g/mol. The fourth-order valence-electron chi connectivity index (χ4n) is 2.75. The molecule has 18 heavy (non-hydrogen) atoms. The van der Waals surface area contributed by atoms with E-state index >= 15 is 0 Å². The van der Waals surface area contributed by atoms with Crippen LogP contribution in [-0.4, -0.2) is 47.5 Å². The molecule has 100 valence electrons. The Hall–Kier alpha value is -0.870. The van der Waals surface area contributed by atoms with Gasteiger partial charge in [0.1, 0.15) is 0 Å². The SMILES string of the molecule is CCn1cc(CCN2CCOCC3(CC3)C2)cn1. The second-order valence-corrected chi connectivity index (χ2v) is 5.78. The summed E-state index contributed by atoms with van der Waals surface area (Å²) >= 11 is 0. The molecule has 1 aliphatic carbocycles. The van der Waals surface area contributed by atoms with Gasteiger partial charge >= 0.3 is 0 Å². The normalized spacial score (nSPS) is 23.2. The molecule has 1 aromatic rings. The average Bonchev–Trinajstić information content (AvgIpc) is 3.05. The molecule has 3 rings (SSSR count). The molecule has 0 amide bonds. The molecule has 0 aromatic carbocycles. The zero-order chi connectivity index (χ0) is 12.4. The molecular formula is C14H23N3O. The van der Waals surface area contributed by atoms with Crippen LogP contribution in [0.3, 0.4) is 0 Å². The van der Waals surface area contributed by atoms with E-state index in [2.05, 4.69) is 23.1 Å². The maximum absolute atomic E-state index is 5.72. The largest absolute Gasteiger partial charge is 0.379 e. The van der Waals surface area contributed by atoms with Gasteiger partial charge in [-0.3, -0.25) is 4.68 Å². The summed E-state index contributed by atoms with van der Waals surface area (Å²) in [6.45, 7) is 8.42. The van der Waals surface area contributed by atoms with E-state index in [1.807, 2.05) is 10.9 Å². The van der Waals surface area contributed by atoms with Gasteiger partial charge in [0, 0.05) is 37.8 Å². The molecule has 1 saturated carbocycles. The molecule has 0 unspecified atom stereocenters. The van der Waals surface area contributed by atoms with E-state index in [4.69, 9.17) is 4.74 Å². The second-order valence-electron chi connectivity index (χ2n) is 5.78. The van der Waals surface area contributed by atoms with E-state index in [9.17, 15) is 0 Å². The molecule has 1 aliphatic heterocycles. The maximum atomic E-state index is 5.72. The van der Waals surface area contributed by atoms with Crippen molar-refractivity contribution >= 4 is 0 Å². The molecule has 2 aliphatic rings. The Balaban J connectivity index is 1.52. The first kappa shape index (κ1) is 12.2. The van der Waals surface area contributed by atoms with Crippen molar-refractivity contribution in [1.29, 1.82) is 0 Å². The topological polar surface area (TPSA) is 30.3 Å². The Labute approximate surface area is 109 Å². The van der Waals surface area contributed by atoms with Crippen LogP contribution in [0.25, 0.3) is 0 Å². The molecule has 1 saturated heterocycles. The first-order chi connectivity index (χ1) is 8.80. The van der Waals surface area contributed by atoms with Crippen molar-refractivity contribution < 1.29 is 4.74 Å². The summed E-state index contributed by atoms with van der Waals surface area (Å²) in [5.74, 6) is 0. The Morgan fingerprint density at radius 1 is 1.44 bits per heavy atom. The summed E-state index contributed by atoms with van der Waals surface area (Å²) in [7, 11) is 0. The van der Waals surface area contributed by atoms with Crippen LogP contribution in [0.2, 0.25) is 0 Å². The van der Waals surface area contributed by atoms with Crippen molar-refractivity contribution in [3.8, 4) is 0 Å². The minimum atomic E-state index is 0.518. The number of hydrogen-bond donors (Lipinski definition) is 0. The van der Waals surface area contributed by atoms with Crippen LogP contribution in [0.1, 0.15) is 25.3 Å². The molecule has 1 spiro atoms. The number of ether oxygens (including phenoxy) is 1. The van der Waals surface area contributed by atoms with E-state index in [0.29, 0.717) is 5.41 Å². The summed E-state index contributed by atoms with van der Waals surface area (Å²) in [6, 6.07) is 0. The number of hydrogen-bond acceptors (Lipinski definition) is 3. The predicted octanol–water partition coefficient (Wildman–Crippen LogP) is 1.56. The van der Waals surface area contributed by atoms with Crippen molar-refractivity contribution in [2.75, 3.05) is 32.8 Å². The minimum absolute atomic E-state index is 0.518. The highest BCUT2D eigenvalue weighted by Gasteiger charge is 2.45. The van der Waals surface area contributed by atoms with Gasteiger partial charge in [-0.15, -0.1) is 0 Å². The van der Waals surface area contributed by atoms with Crippen LogP contribution in [0.5, 0.6) is 0 Å². The summed E-state index contributed by atoms with van der Waals surface area (Å²) in [5.41, 5.74) is 1.87.